The number of rotatable bonds is 8. The summed E-state index contributed by atoms with van der Waals surface area (Å²) in [6, 6.07) is 18.1. The lowest BCUT2D eigenvalue weighted by atomic mass is 10.3. The maximum Gasteiger partial charge on any atom is 0.262 e. The second-order valence-electron chi connectivity index (χ2n) is 6.15. The van der Waals surface area contributed by atoms with Crippen LogP contribution in [0.15, 0.2) is 82.6 Å². The van der Waals surface area contributed by atoms with Crippen LogP contribution < -0.4 is 14.8 Å². The summed E-state index contributed by atoms with van der Waals surface area (Å²) in [5.41, 5.74) is 0.919. The molecule has 2 N–H and O–H groups in total. The van der Waals surface area contributed by atoms with Crippen LogP contribution in [-0.2, 0) is 14.8 Å². The normalized spacial score (nSPS) is 11.0. The van der Waals surface area contributed by atoms with E-state index in [0.717, 1.165) is 17.0 Å². The largest absolute Gasteiger partial charge is 0.484 e. The maximum absolute atomic E-state index is 13.0. The van der Waals surface area contributed by atoms with Crippen LogP contribution in [0.2, 0.25) is 0 Å². The summed E-state index contributed by atoms with van der Waals surface area (Å²) in [6.45, 7) is -0.219. The minimum absolute atomic E-state index is 0.0116. The standard InChI is InChI=1S/C21H19FN2O4S2/c1-29-19-4-2-3-17(13-19)23-21(25)14-28-18-9-11-20(12-10-18)30(26,27)24-16-7-5-15(22)6-8-16/h2-13,24H,14H2,1H3,(H,23,25). The van der Waals surface area contributed by atoms with Gasteiger partial charge in [-0.05, 0) is 73.0 Å². The Labute approximate surface area is 178 Å². The van der Waals surface area contributed by atoms with Crippen molar-refractivity contribution in [3.8, 4) is 5.75 Å². The number of amides is 1. The van der Waals surface area contributed by atoms with Gasteiger partial charge in [-0.25, -0.2) is 12.8 Å². The molecule has 0 aliphatic carbocycles. The molecular weight excluding hydrogens is 427 g/mol. The molecule has 0 aromatic heterocycles. The highest BCUT2D eigenvalue weighted by Gasteiger charge is 2.14. The molecular formula is C21H19FN2O4S2. The Kier molecular flexibility index (Phi) is 6.96. The number of hydrogen-bond donors (Lipinski definition) is 2. The molecule has 0 heterocycles. The van der Waals surface area contributed by atoms with E-state index >= 15 is 0 Å². The topological polar surface area (TPSA) is 84.5 Å². The number of anilines is 2. The van der Waals surface area contributed by atoms with Crippen molar-refractivity contribution in [3.63, 3.8) is 0 Å². The van der Waals surface area contributed by atoms with Crippen molar-refractivity contribution in [3.05, 3.63) is 78.6 Å². The van der Waals surface area contributed by atoms with E-state index in [1.165, 1.54) is 36.4 Å². The maximum atomic E-state index is 13.0. The van der Waals surface area contributed by atoms with E-state index in [4.69, 9.17) is 4.74 Å². The molecule has 0 bridgehead atoms. The molecule has 0 spiro atoms. The molecule has 1 amide bonds. The molecule has 0 radical (unpaired) electrons. The summed E-state index contributed by atoms with van der Waals surface area (Å²) in [5, 5.41) is 2.74. The van der Waals surface area contributed by atoms with Crippen LogP contribution in [0.1, 0.15) is 0 Å². The van der Waals surface area contributed by atoms with E-state index in [-0.39, 0.29) is 23.1 Å². The van der Waals surface area contributed by atoms with Gasteiger partial charge in [-0.3, -0.25) is 9.52 Å². The van der Waals surface area contributed by atoms with Gasteiger partial charge in [-0.1, -0.05) is 6.07 Å². The number of ether oxygens (including phenoxy) is 1. The highest BCUT2D eigenvalue weighted by atomic mass is 32.2. The molecule has 0 fully saturated rings. The average Bonchev–Trinajstić information content (AvgIpc) is 2.74. The number of sulfonamides is 1. The van der Waals surface area contributed by atoms with Crippen LogP contribution >= 0.6 is 11.8 Å². The highest BCUT2D eigenvalue weighted by Crippen LogP contribution is 2.21. The summed E-state index contributed by atoms with van der Waals surface area (Å²) < 4.78 is 45.6. The van der Waals surface area contributed by atoms with Gasteiger partial charge < -0.3 is 10.1 Å². The van der Waals surface area contributed by atoms with E-state index in [9.17, 15) is 17.6 Å². The van der Waals surface area contributed by atoms with E-state index in [2.05, 4.69) is 10.0 Å². The Morgan fingerprint density at radius 3 is 2.37 bits per heavy atom. The molecule has 6 nitrogen and oxygen atoms in total. The van der Waals surface area contributed by atoms with Crippen molar-refractivity contribution in [2.75, 3.05) is 22.9 Å². The fourth-order valence-electron chi connectivity index (χ4n) is 2.49. The van der Waals surface area contributed by atoms with Crippen molar-refractivity contribution < 1.29 is 22.3 Å². The second-order valence-corrected chi connectivity index (χ2v) is 8.71. The zero-order chi connectivity index (χ0) is 21.6. The molecule has 0 unspecified atom stereocenters. The summed E-state index contributed by atoms with van der Waals surface area (Å²) in [5.74, 6) is -0.438. The number of halogens is 1. The van der Waals surface area contributed by atoms with Crippen molar-refractivity contribution in [2.24, 2.45) is 0 Å². The summed E-state index contributed by atoms with van der Waals surface area (Å²) in [4.78, 5) is 13.1. The Bertz CT molecular complexity index is 1120. The third kappa shape index (κ3) is 5.98. The molecule has 0 saturated carbocycles. The molecule has 0 aliphatic rings. The number of thioether (sulfide) groups is 1. The predicted octanol–water partition coefficient (Wildman–Crippen LogP) is 4.37. The van der Waals surface area contributed by atoms with Crippen LogP contribution in [0, 0.1) is 5.82 Å². The van der Waals surface area contributed by atoms with E-state index in [0.29, 0.717) is 11.4 Å². The third-order valence-electron chi connectivity index (χ3n) is 3.95. The Morgan fingerprint density at radius 2 is 1.70 bits per heavy atom. The number of carbonyl (C=O) groups is 1. The van der Waals surface area contributed by atoms with Gasteiger partial charge in [0.2, 0.25) is 0 Å². The van der Waals surface area contributed by atoms with Crippen LogP contribution in [0.3, 0.4) is 0 Å². The second kappa shape index (κ2) is 9.64. The van der Waals surface area contributed by atoms with Crippen LogP contribution in [0.25, 0.3) is 0 Å². The Morgan fingerprint density at radius 1 is 1.00 bits per heavy atom. The number of benzene rings is 3. The summed E-state index contributed by atoms with van der Waals surface area (Å²) in [7, 11) is -3.83. The number of nitrogens with one attached hydrogen (secondary N) is 2. The van der Waals surface area contributed by atoms with Gasteiger partial charge in [0.25, 0.3) is 15.9 Å². The smallest absolute Gasteiger partial charge is 0.262 e. The lowest BCUT2D eigenvalue weighted by Crippen LogP contribution is -2.20. The lowest BCUT2D eigenvalue weighted by molar-refractivity contribution is -0.118. The van der Waals surface area contributed by atoms with Gasteiger partial charge >= 0.3 is 0 Å². The zero-order valence-electron chi connectivity index (χ0n) is 16.0. The molecule has 3 aromatic carbocycles. The van der Waals surface area contributed by atoms with Gasteiger partial charge in [-0.15, -0.1) is 11.8 Å². The van der Waals surface area contributed by atoms with Crippen LogP contribution in [0.4, 0.5) is 15.8 Å². The SMILES string of the molecule is CSc1cccc(NC(=O)COc2ccc(S(=O)(=O)Nc3ccc(F)cc3)cc2)c1. The molecule has 0 aliphatic heterocycles. The molecule has 0 saturated heterocycles. The summed E-state index contributed by atoms with van der Waals surface area (Å²) in [6.07, 6.45) is 1.95. The lowest BCUT2D eigenvalue weighted by Gasteiger charge is -2.10. The molecule has 30 heavy (non-hydrogen) atoms. The van der Waals surface area contributed by atoms with E-state index in [1.54, 1.807) is 17.8 Å². The quantitative estimate of drug-likeness (QED) is 0.502. The molecule has 156 valence electrons. The highest BCUT2D eigenvalue weighted by molar-refractivity contribution is 7.98. The van der Waals surface area contributed by atoms with Crippen LogP contribution in [-0.4, -0.2) is 27.2 Å². The van der Waals surface area contributed by atoms with Crippen molar-refractivity contribution in [1.29, 1.82) is 0 Å². The first-order chi connectivity index (χ1) is 14.4. The van der Waals surface area contributed by atoms with Gasteiger partial charge in [0.1, 0.15) is 11.6 Å². The molecule has 0 atom stereocenters. The predicted molar refractivity (Wildman–Crippen MR) is 116 cm³/mol. The van der Waals surface area contributed by atoms with Gasteiger partial charge in [0.15, 0.2) is 6.61 Å². The van der Waals surface area contributed by atoms with E-state index < -0.39 is 15.8 Å². The fraction of sp³-hybridized carbons (Fsp3) is 0.0952. The zero-order valence-corrected chi connectivity index (χ0v) is 17.6. The Balaban J connectivity index is 1.57. The first kappa shape index (κ1) is 21.7. The fourth-order valence-corrected chi connectivity index (χ4v) is 4.01. The van der Waals surface area contributed by atoms with Gasteiger partial charge in [0, 0.05) is 16.3 Å². The monoisotopic (exact) mass is 446 g/mol. The van der Waals surface area contributed by atoms with Crippen molar-refractivity contribution in [2.45, 2.75) is 9.79 Å². The number of hydrogen-bond acceptors (Lipinski definition) is 5. The minimum atomic E-state index is -3.83. The van der Waals surface area contributed by atoms with E-state index in [1.807, 2.05) is 24.5 Å². The average molecular weight is 447 g/mol. The number of carbonyl (C=O) groups excluding carboxylic acids is 1. The molecule has 3 rings (SSSR count). The Hall–Kier alpha value is -3.04. The summed E-state index contributed by atoms with van der Waals surface area (Å²) >= 11 is 1.57. The van der Waals surface area contributed by atoms with Gasteiger partial charge in [0.05, 0.1) is 4.90 Å². The first-order valence-corrected chi connectivity index (χ1v) is 11.5. The van der Waals surface area contributed by atoms with Gasteiger partial charge in [-0.2, -0.15) is 0 Å². The van der Waals surface area contributed by atoms with Crippen LogP contribution in [0.5, 0.6) is 5.75 Å². The first-order valence-electron chi connectivity index (χ1n) is 8.81. The third-order valence-corrected chi connectivity index (χ3v) is 6.08. The molecule has 9 heteroatoms. The molecule has 3 aromatic rings. The van der Waals surface area contributed by atoms with Crippen molar-refractivity contribution in [1.82, 2.24) is 0 Å². The van der Waals surface area contributed by atoms with Crippen molar-refractivity contribution >= 4 is 39.1 Å². The minimum Gasteiger partial charge on any atom is -0.484 e.